The van der Waals surface area contributed by atoms with Crippen molar-refractivity contribution in [3.8, 4) is 0 Å². The molecule has 150 valence electrons. The standard InChI is InChI=1S/C23H24N2O4/c1-4-13-25(14-5-2)21(26)16-29-23(27)18-11-12-20(24)19(15-18)22(28-3)17-9-7-6-8-10-17/h4-12,15,24H,1-2,13-14,16H2,3H3/b22-19-,24-20?. The van der Waals surface area contributed by atoms with E-state index >= 15 is 0 Å². The molecule has 1 amide bonds. The molecule has 0 atom stereocenters. The van der Waals surface area contributed by atoms with Crippen molar-refractivity contribution in [2.45, 2.75) is 0 Å². The molecule has 0 fully saturated rings. The van der Waals surface area contributed by atoms with Crippen molar-refractivity contribution in [3.05, 3.63) is 90.6 Å². The summed E-state index contributed by atoms with van der Waals surface area (Å²) in [6.07, 6.45) is 7.70. The minimum atomic E-state index is -0.653. The highest BCUT2D eigenvalue weighted by Gasteiger charge is 2.20. The maximum atomic E-state index is 12.5. The van der Waals surface area contributed by atoms with E-state index in [0.717, 1.165) is 5.56 Å². The number of carbonyl (C=O) groups is 2. The van der Waals surface area contributed by atoms with Crippen LogP contribution in [0.2, 0.25) is 0 Å². The molecule has 1 aliphatic carbocycles. The number of rotatable bonds is 9. The number of nitrogens with one attached hydrogen (secondary N) is 1. The summed E-state index contributed by atoms with van der Waals surface area (Å²) in [5.74, 6) is -0.520. The molecule has 0 saturated carbocycles. The lowest BCUT2D eigenvalue weighted by Crippen LogP contribution is -2.35. The van der Waals surface area contributed by atoms with Crippen molar-refractivity contribution in [2.75, 3.05) is 26.8 Å². The van der Waals surface area contributed by atoms with E-state index in [0.29, 0.717) is 24.4 Å². The highest BCUT2D eigenvalue weighted by molar-refractivity contribution is 6.16. The Balaban J connectivity index is 2.19. The van der Waals surface area contributed by atoms with Gasteiger partial charge in [0.15, 0.2) is 6.61 Å². The number of amides is 1. The highest BCUT2D eigenvalue weighted by Crippen LogP contribution is 2.25. The molecule has 1 N–H and O–H groups in total. The van der Waals surface area contributed by atoms with Crippen LogP contribution < -0.4 is 0 Å². The van der Waals surface area contributed by atoms with Crippen molar-refractivity contribution in [2.24, 2.45) is 0 Å². The van der Waals surface area contributed by atoms with Crippen LogP contribution in [-0.2, 0) is 19.1 Å². The van der Waals surface area contributed by atoms with Crippen LogP contribution in [0.5, 0.6) is 0 Å². The van der Waals surface area contributed by atoms with Gasteiger partial charge < -0.3 is 19.8 Å². The number of benzene rings is 1. The molecule has 0 unspecified atom stereocenters. The quantitative estimate of drug-likeness (QED) is 0.397. The molecule has 1 aliphatic rings. The molecule has 0 heterocycles. The lowest BCUT2D eigenvalue weighted by atomic mass is 9.96. The molecule has 0 radical (unpaired) electrons. The van der Waals surface area contributed by atoms with Crippen LogP contribution in [0, 0.1) is 5.41 Å². The summed E-state index contributed by atoms with van der Waals surface area (Å²) in [4.78, 5) is 26.1. The van der Waals surface area contributed by atoms with E-state index in [1.165, 1.54) is 30.2 Å². The van der Waals surface area contributed by atoms with Gasteiger partial charge in [0, 0.05) is 24.2 Å². The average Bonchev–Trinajstić information content (AvgIpc) is 2.74. The zero-order valence-corrected chi connectivity index (χ0v) is 16.4. The van der Waals surface area contributed by atoms with Crippen LogP contribution in [0.1, 0.15) is 5.56 Å². The third kappa shape index (κ3) is 5.65. The molecule has 0 spiro atoms. The molecule has 29 heavy (non-hydrogen) atoms. The third-order valence-electron chi connectivity index (χ3n) is 4.12. The van der Waals surface area contributed by atoms with Gasteiger partial charge in [-0.15, -0.1) is 13.2 Å². The molecule has 0 aromatic heterocycles. The maximum Gasteiger partial charge on any atom is 0.338 e. The predicted octanol–water partition coefficient (Wildman–Crippen LogP) is 3.30. The second kappa shape index (κ2) is 10.6. The Labute approximate surface area is 170 Å². The fourth-order valence-corrected chi connectivity index (χ4v) is 2.72. The van der Waals surface area contributed by atoms with Gasteiger partial charge in [-0.3, -0.25) is 4.79 Å². The lowest BCUT2D eigenvalue weighted by molar-refractivity contribution is -0.148. The van der Waals surface area contributed by atoms with E-state index in [9.17, 15) is 9.59 Å². The van der Waals surface area contributed by atoms with Crippen LogP contribution in [0.4, 0.5) is 0 Å². The first-order chi connectivity index (χ1) is 14.0. The molecule has 0 bridgehead atoms. The van der Waals surface area contributed by atoms with Crippen molar-refractivity contribution in [1.29, 1.82) is 5.41 Å². The summed E-state index contributed by atoms with van der Waals surface area (Å²) >= 11 is 0. The Bertz CT molecular complexity index is 885. The smallest absolute Gasteiger partial charge is 0.338 e. The summed E-state index contributed by atoms with van der Waals surface area (Å²) in [5.41, 5.74) is 1.68. The zero-order chi connectivity index (χ0) is 21.2. The molecule has 0 saturated heterocycles. The zero-order valence-electron chi connectivity index (χ0n) is 16.4. The number of methoxy groups -OCH3 is 1. The predicted molar refractivity (Wildman–Crippen MR) is 113 cm³/mol. The Morgan fingerprint density at radius 1 is 1.10 bits per heavy atom. The van der Waals surface area contributed by atoms with Crippen LogP contribution in [-0.4, -0.2) is 49.3 Å². The maximum absolute atomic E-state index is 12.5. The fraction of sp³-hybridized carbons (Fsp3) is 0.174. The molecule has 0 aliphatic heterocycles. The second-order valence-electron chi connectivity index (χ2n) is 6.11. The van der Waals surface area contributed by atoms with Crippen molar-refractivity contribution >= 4 is 23.3 Å². The van der Waals surface area contributed by atoms with Crippen molar-refractivity contribution < 1.29 is 19.1 Å². The van der Waals surface area contributed by atoms with Gasteiger partial charge in [0.25, 0.3) is 5.91 Å². The van der Waals surface area contributed by atoms with Gasteiger partial charge in [0.2, 0.25) is 0 Å². The minimum absolute atomic E-state index is 0.210. The lowest BCUT2D eigenvalue weighted by Gasteiger charge is -2.19. The van der Waals surface area contributed by atoms with Crippen LogP contribution >= 0.6 is 0 Å². The molecule has 1 aromatic carbocycles. The first-order valence-electron chi connectivity index (χ1n) is 9.00. The number of allylic oxidation sites excluding steroid dienone is 3. The van der Waals surface area contributed by atoms with E-state index in [1.807, 2.05) is 30.3 Å². The summed E-state index contributed by atoms with van der Waals surface area (Å²) in [6, 6.07) is 9.32. The van der Waals surface area contributed by atoms with Crippen molar-refractivity contribution in [1.82, 2.24) is 4.90 Å². The number of esters is 1. The number of carbonyl (C=O) groups excluding carboxylic acids is 2. The summed E-state index contributed by atoms with van der Waals surface area (Å²) < 4.78 is 10.7. The monoisotopic (exact) mass is 392 g/mol. The molecular formula is C23H24N2O4. The summed E-state index contributed by atoms with van der Waals surface area (Å²) in [6.45, 7) is 7.50. The van der Waals surface area contributed by atoms with E-state index in [2.05, 4.69) is 13.2 Å². The van der Waals surface area contributed by atoms with E-state index in [1.54, 1.807) is 12.2 Å². The van der Waals surface area contributed by atoms with Crippen molar-refractivity contribution in [3.63, 3.8) is 0 Å². The number of hydrogen-bond acceptors (Lipinski definition) is 5. The fourth-order valence-electron chi connectivity index (χ4n) is 2.72. The van der Waals surface area contributed by atoms with Gasteiger partial charge in [-0.25, -0.2) is 4.79 Å². The Hall–Kier alpha value is -3.67. The van der Waals surface area contributed by atoms with Crippen LogP contribution in [0.25, 0.3) is 5.76 Å². The molecular weight excluding hydrogens is 368 g/mol. The average molecular weight is 392 g/mol. The minimum Gasteiger partial charge on any atom is -0.495 e. The third-order valence-corrected chi connectivity index (χ3v) is 4.12. The van der Waals surface area contributed by atoms with Gasteiger partial charge in [-0.05, 0) is 18.2 Å². The first-order valence-corrected chi connectivity index (χ1v) is 9.00. The van der Waals surface area contributed by atoms with Gasteiger partial charge in [-0.2, -0.15) is 0 Å². The van der Waals surface area contributed by atoms with Gasteiger partial charge >= 0.3 is 5.97 Å². The van der Waals surface area contributed by atoms with E-state index < -0.39 is 12.6 Å². The summed E-state index contributed by atoms with van der Waals surface area (Å²) in [7, 11) is 1.51. The Morgan fingerprint density at radius 3 is 2.34 bits per heavy atom. The first kappa shape index (κ1) is 21.6. The Morgan fingerprint density at radius 2 is 1.76 bits per heavy atom. The molecule has 6 heteroatoms. The molecule has 1 aromatic rings. The summed E-state index contributed by atoms with van der Waals surface area (Å²) in [5, 5.41) is 8.18. The topological polar surface area (TPSA) is 79.7 Å². The highest BCUT2D eigenvalue weighted by atomic mass is 16.5. The van der Waals surface area contributed by atoms with E-state index in [4.69, 9.17) is 14.9 Å². The SMILES string of the molecule is C=CCN(CC=C)C(=O)COC(=O)C1=C/C(=C(/OC)c2ccccc2)C(=N)C=C1. The van der Waals surface area contributed by atoms with Gasteiger partial charge in [0.1, 0.15) is 5.76 Å². The normalized spacial score (nSPS) is 14.5. The number of nitrogens with zero attached hydrogens (tertiary/aromatic N) is 1. The number of ether oxygens (including phenoxy) is 2. The van der Waals surface area contributed by atoms with E-state index in [-0.39, 0.29) is 17.2 Å². The molecule has 6 nitrogen and oxygen atoms in total. The van der Waals surface area contributed by atoms with Crippen LogP contribution in [0.3, 0.4) is 0 Å². The van der Waals surface area contributed by atoms with Crippen LogP contribution in [0.15, 0.2) is 85.0 Å². The second-order valence-corrected chi connectivity index (χ2v) is 6.11. The van der Waals surface area contributed by atoms with Gasteiger partial charge in [-0.1, -0.05) is 42.5 Å². The largest absolute Gasteiger partial charge is 0.495 e. The number of hydrogen-bond donors (Lipinski definition) is 1. The van der Waals surface area contributed by atoms with Gasteiger partial charge in [0.05, 0.1) is 18.4 Å². The Kier molecular flexibility index (Phi) is 7.91. The molecule has 2 rings (SSSR count).